The summed E-state index contributed by atoms with van der Waals surface area (Å²) in [5.74, 6) is 1.68. The number of rotatable bonds is 4. The molecule has 0 aromatic heterocycles. The summed E-state index contributed by atoms with van der Waals surface area (Å²) >= 11 is 0. The largest absolute Gasteiger partial charge is 0.377 e. The van der Waals surface area contributed by atoms with Crippen LogP contribution in [0.15, 0.2) is 4.99 Å². The summed E-state index contributed by atoms with van der Waals surface area (Å²) in [4.78, 5) is 6.97. The lowest BCUT2D eigenvalue weighted by atomic mass is 9.57. The Labute approximate surface area is 180 Å². The van der Waals surface area contributed by atoms with Crippen molar-refractivity contribution in [2.24, 2.45) is 16.3 Å². The van der Waals surface area contributed by atoms with Gasteiger partial charge in [0.2, 0.25) is 0 Å². The van der Waals surface area contributed by atoms with Gasteiger partial charge in [0.1, 0.15) is 0 Å². The average Bonchev–Trinajstić information content (AvgIpc) is 3.32. The first-order valence-electron chi connectivity index (χ1n) is 10.4. The molecule has 4 rings (SSSR count). The van der Waals surface area contributed by atoms with E-state index in [1.807, 2.05) is 7.05 Å². The fourth-order valence-electron chi connectivity index (χ4n) is 5.31. The molecule has 3 heterocycles. The second-order valence-corrected chi connectivity index (χ2v) is 8.89. The van der Waals surface area contributed by atoms with E-state index >= 15 is 0 Å². The number of aliphatic imine (C=N–C) groups is 1. The lowest BCUT2D eigenvalue weighted by molar-refractivity contribution is -0.107. The molecule has 1 N–H and O–H groups in total. The maximum atomic E-state index is 6.10. The zero-order valence-corrected chi connectivity index (χ0v) is 19.3. The molecule has 4 unspecified atom stereocenters. The van der Waals surface area contributed by atoms with Crippen LogP contribution >= 0.6 is 24.0 Å². The molecule has 1 aliphatic carbocycles. The van der Waals surface area contributed by atoms with Gasteiger partial charge in [0.05, 0.1) is 24.9 Å². The molecule has 0 radical (unpaired) electrons. The second-order valence-electron chi connectivity index (χ2n) is 8.89. The zero-order valence-electron chi connectivity index (χ0n) is 17.0. The molecule has 156 valence electrons. The molecular formula is C20H36IN3O3. The van der Waals surface area contributed by atoms with Gasteiger partial charge in [-0.25, -0.2) is 0 Å². The van der Waals surface area contributed by atoms with Crippen molar-refractivity contribution in [3.8, 4) is 0 Å². The molecule has 4 fully saturated rings. The number of nitrogens with zero attached hydrogens (tertiary/aromatic N) is 2. The van der Waals surface area contributed by atoms with E-state index in [0.717, 1.165) is 58.1 Å². The summed E-state index contributed by atoms with van der Waals surface area (Å²) in [5.41, 5.74) is 0.180. The third-order valence-corrected chi connectivity index (χ3v) is 6.88. The minimum Gasteiger partial charge on any atom is -0.377 e. The lowest BCUT2D eigenvalue weighted by Gasteiger charge is -2.55. The fourth-order valence-corrected chi connectivity index (χ4v) is 5.31. The summed E-state index contributed by atoms with van der Waals surface area (Å²) in [6, 6.07) is 0.460. The highest BCUT2D eigenvalue weighted by Gasteiger charge is 2.59. The van der Waals surface area contributed by atoms with Crippen LogP contribution in [-0.2, 0) is 14.2 Å². The van der Waals surface area contributed by atoms with Gasteiger partial charge in [0.15, 0.2) is 5.96 Å². The van der Waals surface area contributed by atoms with Gasteiger partial charge in [0, 0.05) is 50.7 Å². The number of likely N-dealkylation sites (tertiary alicyclic amines) is 1. The van der Waals surface area contributed by atoms with Crippen molar-refractivity contribution < 1.29 is 14.2 Å². The van der Waals surface area contributed by atoms with Crippen LogP contribution in [0.25, 0.3) is 0 Å². The van der Waals surface area contributed by atoms with Crippen LogP contribution in [0.3, 0.4) is 0 Å². The predicted molar refractivity (Wildman–Crippen MR) is 117 cm³/mol. The van der Waals surface area contributed by atoms with Gasteiger partial charge >= 0.3 is 0 Å². The predicted octanol–water partition coefficient (Wildman–Crippen LogP) is 2.65. The number of halogens is 1. The Bertz CT molecular complexity index is 517. The monoisotopic (exact) mass is 493 g/mol. The molecule has 4 aliphatic rings. The van der Waals surface area contributed by atoms with Gasteiger partial charge < -0.3 is 24.4 Å². The van der Waals surface area contributed by atoms with Gasteiger partial charge in [-0.05, 0) is 32.1 Å². The third-order valence-electron chi connectivity index (χ3n) is 6.88. The molecule has 0 bridgehead atoms. The van der Waals surface area contributed by atoms with E-state index in [-0.39, 0.29) is 29.4 Å². The molecule has 27 heavy (non-hydrogen) atoms. The number of hydrogen-bond acceptors (Lipinski definition) is 4. The summed E-state index contributed by atoms with van der Waals surface area (Å²) in [6.45, 7) is 9.21. The maximum Gasteiger partial charge on any atom is 0.193 e. The van der Waals surface area contributed by atoms with E-state index in [0.29, 0.717) is 30.3 Å². The molecule has 0 aromatic carbocycles. The van der Waals surface area contributed by atoms with E-state index < -0.39 is 0 Å². The number of nitrogens with one attached hydrogen (secondary N) is 1. The number of ether oxygens (including phenoxy) is 3. The molecule has 0 amide bonds. The summed E-state index contributed by atoms with van der Waals surface area (Å²) in [6.07, 6.45) is 6.73. The summed E-state index contributed by atoms with van der Waals surface area (Å²) < 4.78 is 17.7. The Hall–Kier alpha value is -0.120. The molecule has 3 saturated heterocycles. The Balaban J connectivity index is 0.00000210. The maximum absolute atomic E-state index is 6.10. The van der Waals surface area contributed by atoms with Crippen LogP contribution in [0.2, 0.25) is 0 Å². The van der Waals surface area contributed by atoms with Crippen LogP contribution in [0.1, 0.15) is 46.0 Å². The molecule has 1 saturated carbocycles. The molecule has 7 heteroatoms. The molecule has 4 atom stereocenters. The third kappa shape index (κ3) is 4.41. The van der Waals surface area contributed by atoms with E-state index in [2.05, 4.69) is 29.1 Å². The number of hydrogen-bond donors (Lipinski definition) is 1. The van der Waals surface area contributed by atoms with Crippen molar-refractivity contribution in [1.82, 2.24) is 10.2 Å². The molecule has 6 nitrogen and oxygen atoms in total. The summed E-state index contributed by atoms with van der Waals surface area (Å²) in [5, 5.41) is 3.76. The molecule has 0 spiro atoms. The molecular weight excluding hydrogens is 457 g/mol. The SMILES string of the molecule is CN=C(NC1C2CCOC2C1(C)C)N1CCC(OCC2CCCO2)CC1.I. The quantitative estimate of drug-likeness (QED) is 0.371. The van der Waals surface area contributed by atoms with Crippen LogP contribution in [-0.4, -0.2) is 75.2 Å². The van der Waals surface area contributed by atoms with Crippen LogP contribution in [0.5, 0.6) is 0 Å². The lowest BCUT2D eigenvalue weighted by Crippen LogP contribution is -2.68. The van der Waals surface area contributed by atoms with Gasteiger partial charge in [-0.1, -0.05) is 13.8 Å². The number of fused-ring (bicyclic) bond motifs is 1. The van der Waals surface area contributed by atoms with Gasteiger partial charge in [-0.3, -0.25) is 4.99 Å². The highest BCUT2D eigenvalue weighted by Crippen LogP contribution is 2.52. The first kappa shape index (κ1) is 21.6. The first-order valence-corrected chi connectivity index (χ1v) is 10.4. The second kappa shape index (κ2) is 9.13. The minimum absolute atomic E-state index is 0. The van der Waals surface area contributed by atoms with E-state index in [1.165, 1.54) is 12.8 Å². The van der Waals surface area contributed by atoms with Gasteiger partial charge in [-0.15, -0.1) is 24.0 Å². The number of guanidine groups is 1. The van der Waals surface area contributed by atoms with Crippen molar-refractivity contribution in [3.63, 3.8) is 0 Å². The van der Waals surface area contributed by atoms with Crippen molar-refractivity contribution in [3.05, 3.63) is 0 Å². The Morgan fingerprint density at radius 2 is 1.93 bits per heavy atom. The Kier molecular flexibility index (Phi) is 7.30. The first-order chi connectivity index (χ1) is 12.6. The fraction of sp³-hybridized carbons (Fsp3) is 0.950. The summed E-state index contributed by atoms with van der Waals surface area (Å²) in [7, 11) is 1.90. The molecule has 0 aromatic rings. The van der Waals surface area contributed by atoms with Crippen molar-refractivity contribution >= 4 is 29.9 Å². The highest BCUT2D eigenvalue weighted by atomic mass is 127. The molecule has 3 aliphatic heterocycles. The van der Waals surface area contributed by atoms with Crippen LogP contribution in [0.4, 0.5) is 0 Å². The topological polar surface area (TPSA) is 55.3 Å². The van der Waals surface area contributed by atoms with E-state index in [4.69, 9.17) is 14.2 Å². The smallest absolute Gasteiger partial charge is 0.193 e. The standard InChI is InChI=1S/C20H35N3O3.HI/c1-20(2)17(16-8-12-25-18(16)20)22-19(21-3)23-9-6-14(7-10-23)26-13-15-5-4-11-24-15;/h14-18H,4-13H2,1-3H3,(H,21,22);1H. The normalized spacial score (nSPS) is 36.1. The van der Waals surface area contributed by atoms with Gasteiger partial charge in [-0.2, -0.15) is 0 Å². The van der Waals surface area contributed by atoms with E-state index in [1.54, 1.807) is 0 Å². The van der Waals surface area contributed by atoms with Crippen LogP contribution < -0.4 is 5.32 Å². The van der Waals surface area contributed by atoms with Crippen molar-refractivity contribution in [2.75, 3.05) is 40.0 Å². The Morgan fingerprint density at radius 3 is 2.59 bits per heavy atom. The Morgan fingerprint density at radius 1 is 1.15 bits per heavy atom. The zero-order chi connectivity index (χ0) is 18.1. The highest BCUT2D eigenvalue weighted by molar-refractivity contribution is 14.0. The van der Waals surface area contributed by atoms with Gasteiger partial charge in [0.25, 0.3) is 0 Å². The van der Waals surface area contributed by atoms with Crippen molar-refractivity contribution in [1.29, 1.82) is 0 Å². The van der Waals surface area contributed by atoms with Crippen LogP contribution in [0, 0.1) is 11.3 Å². The minimum atomic E-state index is 0. The van der Waals surface area contributed by atoms with E-state index in [9.17, 15) is 0 Å². The number of piperidine rings is 1. The van der Waals surface area contributed by atoms with Crippen molar-refractivity contribution in [2.45, 2.75) is 70.3 Å². The average molecular weight is 493 g/mol.